The number of hydrogen-bond acceptors (Lipinski definition) is 2. The van der Waals surface area contributed by atoms with Crippen LogP contribution in [0.2, 0.25) is 0 Å². The Labute approximate surface area is 127 Å². The van der Waals surface area contributed by atoms with Crippen molar-refractivity contribution in [3.8, 4) is 0 Å². The van der Waals surface area contributed by atoms with Crippen LogP contribution in [-0.4, -0.2) is 24.0 Å². The fraction of sp³-hybridized carbons (Fsp3) is 0.647. The monoisotopic (exact) mass is 298 g/mol. The first-order valence-corrected chi connectivity index (χ1v) is 7.83. The van der Waals surface area contributed by atoms with Crippen LogP contribution in [0.1, 0.15) is 52.1 Å². The number of halogens is 2. The van der Waals surface area contributed by atoms with E-state index in [1.165, 1.54) is 12.1 Å². The molecule has 2 N–H and O–H groups in total. The molecule has 0 bridgehead atoms. The minimum atomic E-state index is -0.567. The van der Waals surface area contributed by atoms with E-state index in [1.54, 1.807) is 0 Å². The van der Waals surface area contributed by atoms with E-state index in [4.69, 9.17) is 5.73 Å². The Hall–Kier alpha value is -1.00. The average Bonchev–Trinajstić information content (AvgIpc) is 2.38. The van der Waals surface area contributed by atoms with Gasteiger partial charge in [-0.3, -0.25) is 4.90 Å². The fourth-order valence-corrected chi connectivity index (χ4v) is 2.80. The van der Waals surface area contributed by atoms with Crippen molar-refractivity contribution in [2.24, 2.45) is 11.7 Å². The van der Waals surface area contributed by atoms with Gasteiger partial charge >= 0.3 is 0 Å². The predicted octanol–water partition coefficient (Wildman–Crippen LogP) is 4.11. The molecule has 1 aromatic rings. The molecule has 1 aromatic carbocycles. The van der Waals surface area contributed by atoms with Gasteiger partial charge in [0, 0.05) is 36.8 Å². The molecule has 0 aromatic heterocycles. The van der Waals surface area contributed by atoms with Crippen LogP contribution in [0.3, 0.4) is 0 Å². The first kappa shape index (κ1) is 18.1. The third-order valence-corrected chi connectivity index (χ3v) is 3.85. The van der Waals surface area contributed by atoms with Crippen molar-refractivity contribution in [1.82, 2.24) is 4.90 Å². The molecule has 0 heterocycles. The molecule has 0 saturated carbocycles. The van der Waals surface area contributed by atoms with Crippen molar-refractivity contribution >= 4 is 0 Å². The third-order valence-electron chi connectivity index (χ3n) is 3.85. The molecule has 0 spiro atoms. The molecule has 1 unspecified atom stereocenters. The van der Waals surface area contributed by atoms with E-state index in [1.807, 2.05) is 0 Å². The average molecular weight is 298 g/mol. The van der Waals surface area contributed by atoms with Gasteiger partial charge in [-0.15, -0.1) is 0 Å². The van der Waals surface area contributed by atoms with E-state index in [-0.39, 0.29) is 0 Å². The Morgan fingerprint density at radius 1 is 1.10 bits per heavy atom. The van der Waals surface area contributed by atoms with Crippen LogP contribution >= 0.6 is 0 Å². The summed E-state index contributed by atoms with van der Waals surface area (Å²) in [5.41, 5.74) is 6.55. The molecule has 0 fully saturated rings. The Kier molecular flexibility index (Phi) is 7.26. The zero-order valence-electron chi connectivity index (χ0n) is 13.6. The van der Waals surface area contributed by atoms with Crippen LogP contribution in [0.25, 0.3) is 0 Å². The van der Waals surface area contributed by atoms with Crippen molar-refractivity contribution in [2.45, 2.75) is 52.6 Å². The van der Waals surface area contributed by atoms with E-state index in [2.05, 4.69) is 32.6 Å². The maximum absolute atomic E-state index is 13.8. The highest BCUT2D eigenvalue weighted by molar-refractivity contribution is 5.22. The molecule has 1 rings (SSSR count). The minimum absolute atomic E-state index is 0.385. The SMILES string of the molecule is CCC(CC)N(CC(C)C)CC(N)c1ccc(F)cc1F. The van der Waals surface area contributed by atoms with Crippen molar-refractivity contribution in [2.75, 3.05) is 13.1 Å². The molecule has 21 heavy (non-hydrogen) atoms. The van der Waals surface area contributed by atoms with Crippen LogP contribution in [0.5, 0.6) is 0 Å². The molecular weight excluding hydrogens is 270 g/mol. The van der Waals surface area contributed by atoms with Crippen molar-refractivity contribution in [3.05, 3.63) is 35.4 Å². The smallest absolute Gasteiger partial charge is 0.130 e. The molecule has 0 saturated heterocycles. The van der Waals surface area contributed by atoms with Gasteiger partial charge in [0.05, 0.1) is 0 Å². The molecule has 120 valence electrons. The largest absolute Gasteiger partial charge is 0.323 e. The molecule has 0 amide bonds. The predicted molar refractivity (Wildman–Crippen MR) is 84.1 cm³/mol. The van der Waals surface area contributed by atoms with E-state index in [9.17, 15) is 8.78 Å². The molecule has 0 aliphatic heterocycles. The minimum Gasteiger partial charge on any atom is -0.323 e. The number of nitrogens with two attached hydrogens (primary N) is 1. The number of nitrogens with zero attached hydrogens (tertiary/aromatic N) is 1. The van der Waals surface area contributed by atoms with Crippen LogP contribution in [-0.2, 0) is 0 Å². The van der Waals surface area contributed by atoms with Gasteiger partial charge in [-0.2, -0.15) is 0 Å². The summed E-state index contributed by atoms with van der Waals surface area (Å²) in [5.74, 6) is -0.602. The molecule has 2 nitrogen and oxygen atoms in total. The van der Waals surface area contributed by atoms with Gasteiger partial charge in [0.1, 0.15) is 11.6 Å². The second kappa shape index (κ2) is 8.44. The summed E-state index contributed by atoms with van der Waals surface area (Å²) in [5, 5.41) is 0. The highest BCUT2D eigenvalue weighted by Gasteiger charge is 2.21. The van der Waals surface area contributed by atoms with Crippen molar-refractivity contribution < 1.29 is 8.78 Å². The normalized spacial score (nSPS) is 13.4. The number of rotatable bonds is 8. The lowest BCUT2D eigenvalue weighted by molar-refractivity contribution is 0.155. The van der Waals surface area contributed by atoms with E-state index < -0.39 is 17.7 Å². The van der Waals surface area contributed by atoms with Crippen molar-refractivity contribution in [3.63, 3.8) is 0 Å². The zero-order chi connectivity index (χ0) is 16.0. The molecule has 0 aliphatic rings. The van der Waals surface area contributed by atoms with E-state index >= 15 is 0 Å². The molecule has 0 aliphatic carbocycles. The first-order chi connectivity index (χ1) is 9.88. The van der Waals surface area contributed by atoms with Crippen molar-refractivity contribution in [1.29, 1.82) is 0 Å². The summed E-state index contributed by atoms with van der Waals surface area (Å²) < 4.78 is 26.8. The Balaban J connectivity index is 2.85. The van der Waals surface area contributed by atoms with Crippen LogP contribution in [0.4, 0.5) is 8.78 Å². The van der Waals surface area contributed by atoms with Crippen LogP contribution in [0.15, 0.2) is 18.2 Å². The van der Waals surface area contributed by atoms with Gasteiger partial charge in [0.2, 0.25) is 0 Å². The topological polar surface area (TPSA) is 29.3 Å². The van der Waals surface area contributed by atoms with Gasteiger partial charge in [-0.25, -0.2) is 8.78 Å². The lowest BCUT2D eigenvalue weighted by Crippen LogP contribution is -2.41. The summed E-state index contributed by atoms with van der Waals surface area (Å²) >= 11 is 0. The fourth-order valence-electron chi connectivity index (χ4n) is 2.80. The van der Waals surface area contributed by atoms with Gasteiger partial charge in [0.15, 0.2) is 0 Å². The zero-order valence-corrected chi connectivity index (χ0v) is 13.6. The number of benzene rings is 1. The highest BCUT2D eigenvalue weighted by Crippen LogP contribution is 2.20. The van der Waals surface area contributed by atoms with E-state index in [0.29, 0.717) is 24.1 Å². The van der Waals surface area contributed by atoms with Gasteiger partial charge in [0.25, 0.3) is 0 Å². The molecular formula is C17H28F2N2. The van der Waals surface area contributed by atoms with Gasteiger partial charge in [-0.05, 0) is 24.8 Å². The second-order valence-corrected chi connectivity index (χ2v) is 6.09. The lowest BCUT2D eigenvalue weighted by Gasteiger charge is -2.34. The molecule has 1 atom stereocenters. The second-order valence-electron chi connectivity index (χ2n) is 6.09. The van der Waals surface area contributed by atoms with Crippen LogP contribution in [0, 0.1) is 17.6 Å². The summed E-state index contributed by atoms with van der Waals surface area (Å²) in [4.78, 5) is 2.33. The van der Waals surface area contributed by atoms with E-state index in [0.717, 1.165) is 25.5 Å². The lowest BCUT2D eigenvalue weighted by atomic mass is 10.0. The standard InChI is InChI=1S/C17H28F2N2/c1-5-14(6-2)21(10-12(3)4)11-17(20)15-8-7-13(18)9-16(15)19/h7-9,12,14,17H,5-6,10-11,20H2,1-4H3. The molecule has 4 heteroatoms. The summed E-state index contributed by atoms with van der Waals surface area (Å²) in [7, 11) is 0. The molecule has 0 radical (unpaired) electrons. The van der Waals surface area contributed by atoms with Crippen LogP contribution < -0.4 is 5.73 Å². The maximum atomic E-state index is 13.8. The van der Waals surface area contributed by atoms with Gasteiger partial charge < -0.3 is 5.73 Å². The Morgan fingerprint density at radius 2 is 1.71 bits per heavy atom. The summed E-state index contributed by atoms with van der Waals surface area (Å²) in [6.07, 6.45) is 2.09. The quantitative estimate of drug-likeness (QED) is 0.782. The Morgan fingerprint density at radius 3 is 2.19 bits per heavy atom. The summed E-state index contributed by atoms with van der Waals surface area (Å²) in [6, 6.07) is 3.63. The first-order valence-electron chi connectivity index (χ1n) is 7.83. The van der Waals surface area contributed by atoms with Gasteiger partial charge in [-0.1, -0.05) is 33.8 Å². The summed E-state index contributed by atoms with van der Waals surface area (Å²) in [6.45, 7) is 10.2. The Bertz CT molecular complexity index is 431. The third kappa shape index (κ3) is 5.36. The highest BCUT2D eigenvalue weighted by atomic mass is 19.1. The number of hydrogen-bond donors (Lipinski definition) is 1. The maximum Gasteiger partial charge on any atom is 0.130 e.